The Morgan fingerprint density at radius 3 is 2.26 bits per heavy atom. The van der Waals surface area contributed by atoms with Crippen LogP contribution in [-0.2, 0) is 16.0 Å². The van der Waals surface area contributed by atoms with Gasteiger partial charge < -0.3 is 23.7 Å². The molecule has 2 fully saturated rings. The molecule has 2 aromatic rings. The second-order valence-corrected chi connectivity index (χ2v) is 8.31. The number of methoxy groups -OCH3 is 2. The maximum absolute atomic E-state index is 5.92. The van der Waals surface area contributed by atoms with Gasteiger partial charge in [0, 0.05) is 44.2 Å². The van der Waals surface area contributed by atoms with Crippen LogP contribution < -0.4 is 14.2 Å². The van der Waals surface area contributed by atoms with Crippen molar-refractivity contribution < 1.29 is 23.7 Å². The Bertz CT molecular complexity index is 860. The third-order valence-corrected chi connectivity index (χ3v) is 5.77. The first-order valence-corrected chi connectivity index (χ1v) is 10.9. The lowest BCUT2D eigenvalue weighted by Gasteiger charge is -2.37. The number of nitrogens with zero attached hydrogens (tertiary/aromatic N) is 2. The number of aromatic nitrogens is 1. The van der Waals surface area contributed by atoms with Crippen LogP contribution in [0, 0.1) is 0 Å². The highest BCUT2D eigenvalue weighted by Crippen LogP contribution is 2.42. The van der Waals surface area contributed by atoms with Crippen LogP contribution in [0.1, 0.15) is 32.3 Å². The van der Waals surface area contributed by atoms with E-state index in [0.29, 0.717) is 30.5 Å². The Hall–Kier alpha value is -2.35. The zero-order valence-electron chi connectivity index (χ0n) is 18.8. The highest BCUT2D eigenvalue weighted by atomic mass is 16.7. The molecule has 0 atom stereocenters. The summed E-state index contributed by atoms with van der Waals surface area (Å²) in [4.78, 5) is 7.03. The summed E-state index contributed by atoms with van der Waals surface area (Å²) in [5, 5.41) is 0. The monoisotopic (exact) mass is 428 g/mol. The van der Waals surface area contributed by atoms with E-state index in [9.17, 15) is 0 Å². The van der Waals surface area contributed by atoms with E-state index in [1.165, 1.54) is 5.56 Å². The molecule has 0 bridgehead atoms. The SMILES string of the molecule is COc1cc(-c2cc(CN3CCC4(CC3)OCCO4)ccn2)cc(OC)c1OC(C)C. The van der Waals surface area contributed by atoms with Crippen LogP contribution >= 0.6 is 0 Å². The maximum atomic E-state index is 5.92. The van der Waals surface area contributed by atoms with Crippen molar-refractivity contribution in [2.24, 2.45) is 0 Å². The van der Waals surface area contributed by atoms with E-state index < -0.39 is 0 Å². The fraction of sp³-hybridized carbons (Fsp3) is 0.542. The molecule has 2 aliphatic heterocycles. The smallest absolute Gasteiger partial charge is 0.203 e. The van der Waals surface area contributed by atoms with E-state index in [4.69, 9.17) is 23.7 Å². The number of pyridine rings is 1. The number of piperidine rings is 1. The van der Waals surface area contributed by atoms with Crippen molar-refractivity contribution in [3.8, 4) is 28.5 Å². The topological polar surface area (TPSA) is 62.3 Å². The van der Waals surface area contributed by atoms with Crippen molar-refractivity contribution in [3.05, 3.63) is 36.0 Å². The van der Waals surface area contributed by atoms with Gasteiger partial charge in [0.25, 0.3) is 0 Å². The Kier molecular flexibility index (Phi) is 6.65. The van der Waals surface area contributed by atoms with E-state index in [1.807, 2.05) is 32.2 Å². The van der Waals surface area contributed by atoms with Gasteiger partial charge in [-0.2, -0.15) is 0 Å². The molecule has 0 saturated carbocycles. The van der Waals surface area contributed by atoms with Gasteiger partial charge >= 0.3 is 0 Å². The second kappa shape index (κ2) is 9.42. The molecule has 168 valence electrons. The van der Waals surface area contributed by atoms with Crippen molar-refractivity contribution in [2.45, 2.75) is 45.1 Å². The van der Waals surface area contributed by atoms with Gasteiger partial charge in [0.15, 0.2) is 17.3 Å². The summed E-state index contributed by atoms with van der Waals surface area (Å²) < 4.78 is 28.8. The van der Waals surface area contributed by atoms with Crippen LogP contribution in [-0.4, -0.2) is 62.3 Å². The normalized spacial score (nSPS) is 18.5. The minimum atomic E-state index is -0.340. The number of likely N-dealkylation sites (tertiary alicyclic amines) is 1. The van der Waals surface area contributed by atoms with E-state index in [0.717, 1.165) is 43.7 Å². The van der Waals surface area contributed by atoms with Crippen molar-refractivity contribution in [1.82, 2.24) is 9.88 Å². The number of ether oxygens (including phenoxy) is 5. The van der Waals surface area contributed by atoms with Crippen LogP contribution in [0.15, 0.2) is 30.5 Å². The highest BCUT2D eigenvalue weighted by molar-refractivity contribution is 5.69. The number of hydrogen-bond donors (Lipinski definition) is 0. The lowest BCUT2D eigenvalue weighted by atomic mass is 10.0. The summed E-state index contributed by atoms with van der Waals surface area (Å²) in [6.07, 6.45) is 3.70. The molecule has 4 rings (SSSR count). The first-order valence-electron chi connectivity index (χ1n) is 10.9. The summed E-state index contributed by atoms with van der Waals surface area (Å²) in [6.45, 7) is 8.16. The van der Waals surface area contributed by atoms with Crippen LogP contribution in [0.25, 0.3) is 11.3 Å². The number of benzene rings is 1. The zero-order chi connectivity index (χ0) is 21.8. The molecule has 2 aliphatic rings. The molecule has 0 unspecified atom stereocenters. The molecule has 1 aromatic carbocycles. The van der Waals surface area contributed by atoms with Crippen LogP contribution in [0.2, 0.25) is 0 Å². The standard InChI is InChI=1S/C24H32N2O5/c1-17(2)31-23-21(27-3)14-19(15-22(23)28-4)20-13-18(5-8-25-20)16-26-9-6-24(7-10-26)29-11-12-30-24/h5,8,13-15,17H,6-7,9-12,16H2,1-4H3. The van der Waals surface area contributed by atoms with E-state index in [-0.39, 0.29) is 11.9 Å². The summed E-state index contributed by atoms with van der Waals surface area (Å²) in [5.74, 6) is 1.53. The van der Waals surface area contributed by atoms with Gasteiger partial charge in [0.1, 0.15) is 0 Å². The summed E-state index contributed by atoms with van der Waals surface area (Å²) in [6, 6.07) is 8.10. The number of hydrogen-bond acceptors (Lipinski definition) is 7. The third kappa shape index (κ3) is 4.95. The molecule has 0 N–H and O–H groups in total. The van der Waals surface area contributed by atoms with Crippen molar-refractivity contribution in [3.63, 3.8) is 0 Å². The molecule has 0 radical (unpaired) electrons. The minimum absolute atomic E-state index is 0.0128. The molecule has 1 aromatic heterocycles. The van der Waals surface area contributed by atoms with Gasteiger partial charge in [0.05, 0.1) is 39.2 Å². The average Bonchev–Trinajstić information content (AvgIpc) is 3.23. The zero-order valence-corrected chi connectivity index (χ0v) is 18.8. The fourth-order valence-electron chi connectivity index (χ4n) is 4.21. The predicted molar refractivity (Wildman–Crippen MR) is 118 cm³/mol. The molecule has 31 heavy (non-hydrogen) atoms. The Morgan fingerprint density at radius 2 is 1.68 bits per heavy atom. The summed E-state index contributed by atoms with van der Waals surface area (Å²) >= 11 is 0. The largest absolute Gasteiger partial charge is 0.493 e. The van der Waals surface area contributed by atoms with Crippen LogP contribution in [0.4, 0.5) is 0 Å². The summed E-state index contributed by atoms with van der Waals surface area (Å²) in [5.41, 5.74) is 3.02. The third-order valence-electron chi connectivity index (χ3n) is 5.77. The van der Waals surface area contributed by atoms with E-state index in [1.54, 1.807) is 14.2 Å². The average molecular weight is 429 g/mol. The van der Waals surface area contributed by atoms with Crippen molar-refractivity contribution >= 4 is 0 Å². The molecular formula is C24H32N2O5. The Labute approximate surface area is 184 Å². The molecule has 2 saturated heterocycles. The molecule has 0 aliphatic carbocycles. The van der Waals surface area contributed by atoms with Gasteiger partial charge in [0.2, 0.25) is 5.75 Å². The summed E-state index contributed by atoms with van der Waals surface area (Å²) in [7, 11) is 3.27. The molecule has 0 amide bonds. The predicted octanol–water partition coefficient (Wildman–Crippen LogP) is 3.89. The van der Waals surface area contributed by atoms with Gasteiger partial charge in [-0.1, -0.05) is 0 Å². The van der Waals surface area contributed by atoms with E-state index >= 15 is 0 Å². The van der Waals surface area contributed by atoms with Gasteiger partial charge in [-0.15, -0.1) is 0 Å². The first kappa shape index (κ1) is 21.9. The van der Waals surface area contributed by atoms with Gasteiger partial charge in [-0.25, -0.2) is 0 Å². The Balaban J connectivity index is 1.51. The maximum Gasteiger partial charge on any atom is 0.203 e. The molecule has 7 nitrogen and oxygen atoms in total. The molecule has 3 heterocycles. The second-order valence-electron chi connectivity index (χ2n) is 8.31. The molecular weight excluding hydrogens is 396 g/mol. The van der Waals surface area contributed by atoms with Crippen LogP contribution in [0.3, 0.4) is 0 Å². The lowest BCUT2D eigenvalue weighted by Crippen LogP contribution is -2.44. The van der Waals surface area contributed by atoms with Crippen LogP contribution in [0.5, 0.6) is 17.2 Å². The highest BCUT2D eigenvalue weighted by Gasteiger charge is 2.39. The first-order chi connectivity index (χ1) is 15.0. The number of rotatable bonds is 7. The quantitative estimate of drug-likeness (QED) is 0.663. The van der Waals surface area contributed by atoms with Gasteiger partial charge in [-0.05, 0) is 43.7 Å². The lowest BCUT2D eigenvalue weighted by molar-refractivity contribution is -0.185. The van der Waals surface area contributed by atoms with Crippen molar-refractivity contribution in [1.29, 1.82) is 0 Å². The van der Waals surface area contributed by atoms with E-state index in [2.05, 4.69) is 22.0 Å². The van der Waals surface area contributed by atoms with Gasteiger partial charge in [-0.3, -0.25) is 9.88 Å². The molecule has 1 spiro atoms. The molecule has 7 heteroatoms. The fourth-order valence-corrected chi connectivity index (χ4v) is 4.21. The minimum Gasteiger partial charge on any atom is -0.493 e. The van der Waals surface area contributed by atoms with Crippen molar-refractivity contribution in [2.75, 3.05) is 40.5 Å². The Morgan fingerprint density at radius 1 is 1.03 bits per heavy atom.